The third kappa shape index (κ3) is 3.32. The molecule has 6 rings (SSSR count). The molecular formula is C28H18O7. The molecule has 4 aromatic rings. The van der Waals surface area contributed by atoms with E-state index in [-0.39, 0.29) is 34.9 Å². The number of esters is 1. The number of para-hydroxylation sites is 2. The highest BCUT2D eigenvalue weighted by Gasteiger charge is 2.39. The second-order valence-electron chi connectivity index (χ2n) is 8.28. The van der Waals surface area contributed by atoms with Gasteiger partial charge in [0.05, 0.1) is 30.7 Å². The van der Waals surface area contributed by atoms with Gasteiger partial charge in [-0.2, -0.15) is 0 Å². The second kappa shape index (κ2) is 7.99. The minimum atomic E-state index is -0.694. The summed E-state index contributed by atoms with van der Waals surface area (Å²) in [5.74, 6) is -0.254. The number of ether oxygens (including phenoxy) is 3. The molecule has 0 bridgehead atoms. The number of ketones is 1. The van der Waals surface area contributed by atoms with Crippen molar-refractivity contribution in [2.45, 2.75) is 12.3 Å². The molecule has 0 saturated carbocycles. The first-order valence-electron chi connectivity index (χ1n) is 11.0. The van der Waals surface area contributed by atoms with Crippen LogP contribution in [-0.4, -0.2) is 18.9 Å². The Kier molecular flexibility index (Phi) is 4.77. The molecule has 1 atom stereocenters. The van der Waals surface area contributed by atoms with Crippen LogP contribution in [0.25, 0.3) is 17.0 Å². The van der Waals surface area contributed by atoms with E-state index in [1.165, 1.54) is 6.26 Å². The monoisotopic (exact) mass is 466 g/mol. The average Bonchev–Trinajstić information content (AvgIpc) is 3.19. The molecule has 3 heterocycles. The third-order valence-electron chi connectivity index (χ3n) is 6.29. The van der Waals surface area contributed by atoms with Crippen LogP contribution >= 0.6 is 0 Å². The van der Waals surface area contributed by atoms with Gasteiger partial charge in [0.15, 0.2) is 11.2 Å². The van der Waals surface area contributed by atoms with Crippen LogP contribution in [0.15, 0.2) is 81.9 Å². The molecule has 0 aliphatic carbocycles. The van der Waals surface area contributed by atoms with E-state index >= 15 is 0 Å². The van der Waals surface area contributed by atoms with Crippen molar-refractivity contribution in [1.82, 2.24) is 0 Å². The SMILES string of the molecule is COc1ccccc1/C=C1\Oc2c(ccc3c2[C@H](c2coc4ccccc4c2=O)CC(=O)O3)C1=O. The topological polar surface area (TPSA) is 92.0 Å². The number of Topliss-reactive ketones (excluding diaryl/α,β-unsaturated/α-hetero) is 1. The zero-order chi connectivity index (χ0) is 24.1. The highest BCUT2D eigenvalue weighted by atomic mass is 16.5. The lowest BCUT2D eigenvalue weighted by Crippen LogP contribution is -2.25. The average molecular weight is 466 g/mol. The van der Waals surface area contributed by atoms with Gasteiger partial charge in [-0.25, -0.2) is 0 Å². The smallest absolute Gasteiger partial charge is 0.312 e. The molecule has 2 aliphatic heterocycles. The van der Waals surface area contributed by atoms with Gasteiger partial charge >= 0.3 is 5.97 Å². The number of methoxy groups -OCH3 is 1. The summed E-state index contributed by atoms with van der Waals surface area (Å²) < 4.78 is 22.6. The molecule has 7 heteroatoms. The van der Waals surface area contributed by atoms with Crippen LogP contribution in [0, 0.1) is 0 Å². The summed E-state index contributed by atoms with van der Waals surface area (Å²) in [6.45, 7) is 0. The summed E-state index contributed by atoms with van der Waals surface area (Å²) in [5.41, 5.74) is 1.99. The van der Waals surface area contributed by atoms with Crippen LogP contribution < -0.4 is 19.6 Å². The maximum absolute atomic E-state index is 13.3. The quantitative estimate of drug-likeness (QED) is 0.242. The molecule has 7 nitrogen and oxygen atoms in total. The number of fused-ring (bicyclic) bond motifs is 4. The summed E-state index contributed by atoms with van der Waals surface area (Å²) in [5, 5.41) is 0.409. The van der Waals surface area contributed by atoms with Gasteiger partial charge in [0.1, 0.15) is 22.8 Å². The van der Waals surface area contributed by atoms with Gasteiger partial charge in [-0.3, -0.25) is 14.4 Å². The van der Waals surface area contributed by atoms with Crippen molar-refractivity contribution >= 4 is 28.8 Å². The molecule has 0 amide bonds. The van der Waals surface area contributed by atoms with Crippen LogP contribution in [0.1, 0.15) is 39.4 Å². The lowest BCUT2D eigenvalue weighted by Gasteiger charge is -2.25. The number of rotatable bonds is 3. The Balaban J connectivity index is 1.51. The van der Waals surface area contributed by atoms with E-state index in [1.807, 2.05) is 18.2 Å². The number of allylic oxidation sites excluding steroid dienone is 1. The largest absolute Gasteiger partial charge is 0.496 e. The number of carbonyl (C=O) groups excluding carboxylic acids is 2. The lowest BCUT2D eigenvalue weighted by molar-refractivity contribution is -0.135. The number of hydrogen-bond acceptors (Lipinski definition) is 7. The Morgan fingerprint density at radius 1 is 0.943 bits per heavy atom. The Hall–Kier alpha value is -4.65. The first-order chi connectivity index (χ1) is 17.0. The van der Waals surface area contributed by atoms with Gasteiger partial charge < -0.3 is 18.6 Å². The fraction of sp³-hybridized carbons (Fsp3) is 0.107. The van der Waals surface area contributed by atoms with Crippen LogP contribution in [0.4, 0.5) is 0 Å². The van der Waals surface area contributed by atoms with Crippen LogP contribution in [0.3, 0.4) is 0 Å². The van der Waals surface area contributed by atoms with Crippen molar-refractivity contribution < 1.29 is 28.2 Å². The minimum absolute atomic E-state index is 0.0876. The summed E-state index contributed by atoms with van der Waals surface area (Å²) in [6, 6.07) is 17.3. The number of carbonyl (C=O) groups is 2. The van der Waals surface area contributed by atoms with Gasteiger partial charge in [-0.15, -0.1) is 0 Å². The Morgan fingerprint density at radius 2 is 1.74 bits per heavy atom. The molecule has 35 heavy (non-hydrogen) atoms. The zero-order valence-corrected chi connectivity index (χ0v) is 18.6. The van der Waals surface area contributed by atoms with Crippen molar-refractivity contribution in [2.24, 2.45) is 0 Å². The molecule has 0 radical (unpaired) electrons. The number of hydrogen-bond donors (Lipinski definition) is 0. The minimum Gasteiger partial charge on any atom is -0.496 e. The molecule has 0 spiro atoms. The van der Waals surface area contributed by atoms with Crippen LogP contribution in [0.5, 0.6) is 17.2 Å². The molecule has 0 saturated heterocycles. The van der Waals surface area contributed by atoms with E-state index in [0.29, 0.717) is 39.0 Å². The number of benzene rings is 3. The molecule has 1 aromatic heterocycles. The van der Waals surface area contributed by atoms with E-state index in [2.05, 4.69) is 0 Å². The highest BCUT2D eigenvalue weighted by Crippen LogP contribution is 2.48. The summed E-state index contributed by atoms with van der Waals surface area (Å²) in [7, 11) is 1.55. The molecule has 0 fully saturated rings. The van der Waals surface area contributed by atoms with Gasteiger partial charge in [0.25, 0.3) is 0 Å². The second-order valence-corrected chi connectivity index (χ2v) is 8.28. The van der Waals surface area contributed by atoms with Crippen molar-refractivity contribution in [2.75, 3.05) is 7.11 Å². The van der Waals surface area contributed by atoms with Crippen LogP contribution in [-0.2, 0) is 4.79 Å². The van der Waals surface area contributed by atoms with Crippen molar-refractivity contribution in [3.05, 3.63) is 105 Å². The maximum Gasteiger partial charge on any atom is 0.312 e. The molecule has 2 aliphatic rings. The van der Waals surface area contributed by atoms with Gasteiger partial charge in [0.2, 0.25) is 5.78 Å². The fourth-order valence-corrected chi connectivity index (χ4v) is 4.63. The molecular weight excluding hydrogens is 448 g/mol. The highest BCUT2D eigenvalue weighted by molar-refractivity contribution is 6.15. The Labute approximate surface area is 199 Å². The normalized spacial score (nSPS) is 17.6. The summed E-state index contributed by atoms with van der Waals surface area (Å²) >= 11 is 0. The predicted molar refractivity (Wildman–Crippen MR) is 127 cm³/mol. The van der Waals surface area contributed by atoms with Crippen molar-refractivity contribution in [1.29, 1.82) is 0 Å². The van der Waals surface area contributed by atoms with E-state index in [4.69, 9.17) is 18.6 Å². The zero-order valence-electron chi connectivity index (χ0n) is 18.6. The molecule has 0 N–H and O–H groups in total. The van der Waals surface area contributed by atoms with Crippen LogP contribution in [0.2, 0.25) is 0 Å². The summed E-state index contributed by atoms with van der Waals surface area (Å²) in [4.78, 5) is 39.0. The Morgan fingerprint density at radius 3 is 2.60 bits per heavy atom. The Bertz CT molecular complexity index is 1630. The summed E-state index contributed by atoms with van der Waals surface area (Å²) in [6.07, 6.45) is 2.90. The van der Waals surface area contributed by atoms with Gasteiger partial charge in [-0.05, 0) is 36.4 Å². The van der Waals surface area contributed by atoms with E-state index in [9.17, 15) is 14.4 Å². The van der Waals surface area contributed by atoms with Gasteiger partial charge in [-0.1, -0.05) is 30.3 Å². The molecule has 3 aromatic carbocycles. The first-order valence-corrected chi connectivity index (χ1v) is 11.0. The third-order valence-corrected chi connectivity index (χ3v) is 6.29. The van der Waals surface area contributed by atoms with E-state index in [0.717, 1.165) is 0 Å². The standard InChI is InChI=1S/C28H18O7/c1-32-20-8-4-2-6-15(20)12-23-27(31)17-10-11-22-25(28(17)35-23)18(13-24(29)34-22)19-14-33-21-9-5-3-7-16(21)26(19)30/h2-12,14,18H,13H2,1H3/b23-12-/t18-/m0/s1. The molecule has 0 unspecified atom stereocenters. The predicted octanol–water partition coefficient (Wildman–Crippen LogP) is 4.86. The van der Waals surface area contributed by atoms with Gasteiger partial charge in [0, 0.05) is 22.6 Å². The fourth-order valence-electron chi connectivity index (χ4n) is 4.63. The maximum atomic E-state index is 13.3. The van der Waals surface area contributed by atoms with Crippen molar-refractivity contribution in [3.8, 4) is 17.2 Å². The molecule has 172 valence electrons. The lowest BCUT2D eigenvalue weighted by atomic mass is 9.85. The first kappa shape index (κ1) is 20.9. The van der Waals surface area contributed by atoms with E-state index in [1.54, 1.807) is 55.7 Å². The van der Waals surface area contributed by atoms with E-state index < -0.39 is 11.9 Å². The van der Waals surface area contributed by atoms with Crippen molar-refractivity contribution in [3.63, 3.8) is 0 Å².